The summed E-state index contributed by atoms with van der Waals surface area (Å²) in [6.45, 7) is 2.10. The van der Waals surface area contributed by atoms with E-state index in [2.05, 4.69) is 41.1 Å². The van der Waals surface area contributed by atoms with Crippen LogP contribution in [0.1, 0.15) is 31.1 Å². The fraction of sp³-hybridized carbons (Fsp3) is 0.455. The van der Waals surface area contributed by atoms with Crippen LogP contribution in [0.25, 0.3) is 5.57 Å². The van der Waals surface area contributed by atoms with Gasteiger partial charge < -0.3 is 0 Å². The van der Waals surface area contributed by atoms with Crippen molar-refractivity contribution in [3.8, 4) is 0 Å². The van der Waals surface area contributed by atoms with Gasteiger partial charge in [0.1, 0.15) is 0 Å². The molecule has 0 fully saturated rings. The first-order valence-electron chi connectivity index (χ1n) is 4.74. The first-order valence-corrected chi connectivity index (χ1v) is 6.89. The third kappa shape index (κ3) is 3.76. The molecule has 0 saturated carbocycles. The standard InChI is InChI=1S/C11H14BrClS/c1-2-9(5-3-4-8-13)10-6-7-11(12)14-10/h2,6-7H,3-5,8H2,1H3. The number of thiophene rings is 1. The first kappa shape index (κ1) is 12.3. The van der Waals surface area contributed by atoms with Crippen LogP contribution in [0, 0.1) is 0 Å². The van der Waals surface area contributed by atoms with Gasteiger partial charge in [0.05, 0.1) is 3.79 Å². The summed E-state index contributed by atoms with van der Waals surface area (Å²) in [6.07, 6.45) is 5.62. The Bertz CT molecular complexity index is 304. The Balaban J connectivity index is 2.55. The monoisotopic (exact) mass is 292 g/mol. The smallest absolute Gasteiger partial charge is 0.0704 e. The van der Waals surface area contributed by atoms with Crippen LogP contribution in [0.4, 0.5) is 0 Å². The number of allylic oxidation sites excluding steroid dienone is 2. The van der Waals surface area contributed by atoms with Crippen LogP contribution in [0.15, 0.2) is 22.0 Å². The highest BCUT2D eigenvalue weighted by molar-refractivity contribution is 9.11. The quantitative estimate of drug-likeness (QED) is 0.509. The van der Waals surface area contributed by atoms with Crippen molar-refractivity contribution in [1.29, 1.82) is 0 Å². The molecule has 0 amide bonds. The van der Waals surface area contributed by atoms with Gasteiger partial charge in [-0.15, -0.1) is 22.9 Å². The average Bonchev–Trinajstić information content (AvgIpc) is 2.60. The summed E-state index contributed by atoms with van der Waals surface area (Å²) in [4.78, 5) is 1.37. The second kappa shape index (κ2) is 6.65. The molecule has 14 heavy (non-hydrogen) atoms. The van der Waals surface area contributed by atoms with Crippen molar-refractivity contribution < 1.29 is 0 Å². The van der Waals surface area contributed by atoms with Gasteiger partial charge in [-0.3, -0.25) is 0 Å². The molecule has 3 heteroatoms. The fourth-order valence-corrected chi connectivity index (χ4v) is 2.98. The van der Waals surface area contributed by atoms with Gasteiger partial charge in [0.25, 0.3) is 0 Å². The van der Waals surface area contributed by atoms with Gasteiger partial charge in [-0.25, -0.2) is 0 Å². The molecule has 0 aromatic carbocycles. The molecule has 0 aliphatic heterocycles. The third-order valence-electron chi connectivity index (χ3n) is 2.07. The lowest BCUT2D eigenvalue weighted by Crippen LogP contribution is -1.82. The molecule has 0 nitrogen and oxygen atoms in total. The van der Waals surface area contributed by atoms with Crippen molar-refractivity contribution >= 4 is 44.4 Å². The van der Waals surface area contributed by atoms with Crippen LogP contribution in [0.3, 0.4) is 0 Å². The Morgan fingerprint density at radius 3 is 2.79 bits per heavy atom. The maximum Gasteiger partial charge on any atom is 0.0704 e. The molecule has 0 N–H and O–H groups in total. The topological polar surface area (TPSA) is 0 Å². The van der Waals surface area contributed by atoms with Gasteiger partial charge >= 0.3 is 0 Å². The zero-order valence-corrected chi connectivity index (χ0v) is 11.4. The summed E-state index contributed by atoms with van der Waals surface area (Å²) in [7, 11) is 0. The van der Waals surface area contributed by atoms with E-state index in [1.165, 1.54) is 20.7 Å². The summed E-state index contributed by atoms with van der Waals surface area (Å²) < 4.78 is 1.20. The van der Waals surface area contributed by atoms with E-state index >= 15 is 0 Å². The molecule has 78 valence electrons. The Labute approximate surface area is 103 Å². The number of unbranched alkanes of at least 4 members (excludes halogenated alkanes) is 1. The van der Waals surface area contributed by atoms with Crippen LogP contribution in [0.2, 0.25) is 0 Å². The van der Waals surface area contributed by atoms with Crippen LogP contribution < -0.4 is 0 Å². The van der Waals surface area contributed by atoms with Crippen LogP contribution in [-0.4, -0.2) is 5.88 Å². The lowest BCUT2D eigenvalue weighted by molar-refractivity contribution is 0.830. The van der Waals surface area contributed by atoms with E-state index in [4.69, 9.17) is 11.6 Å². The van der Waals surface area contributed by atoms with Gasteiger partial charge in [-0.1, -0.05) is 6.08 Å². The molecule has 0 atom stereocenters. The molecule has 1 aromatic heterocycles. The van der Waals surface area contributed by atoms with Crippen LogP contribution >= 0.6 is 38.9 Å². The van der Waals surface area contributed by atoms with Crippen molar-refractivity contribution in [3.05, 3.63) is 26.9 Å². The van der Waals surface area contributed by atoms with Gasteiger partial charge in [0.15, 0.2) is 0 Å². The number of alkyl halides is 1. The predicted molar refractivity (Wildman–Crippen MR) is 70.2 cm³/mol. The average molecular weight is 294 g/mol. The van der Waals surface area contributed by atoms with Gasteiger partial charge in [-0.2, -0.15) is 0 Å². The summed E-state index contributed by atoms with van der Waals surface area (Å²) in [5.74, 6) is 0.769. The Kier molecular flexibility index (Phi) is 5.83. The van der Waals surface area contributed by atoms with Gasteiger partial charge in [-0.05, 0) is 59.8 Å². The molecule has 0 aliphatic rings. The second-order valence-corrected chi connectivity index (χ2v) is 5.90. The number of halogens is 2. The van der Waals surface area contributed by atoms with Crippen molar-refractivity contribution in [2.75, 3.05) is 5.88 Å². The largest absolute Gasteiger partial charge is 0.129 e. The molecule has 0 bridgehead atoms. The minimum atomic E-state index is 0.769. The normalized spacial score (nSPS) is 12.1. The molecule has 0 unspecified atom stereocenters. The van der Waals surface area contributed by atoms with E-state index in [1.807, 2.05) is 0 Å². The van der Waals surface area contributed by atoms with E-state index in [-0.39, 0.29) is 0 Å². The molecular formula is C11H14BrClS. The fourth-order valence-electron chi connectivity index (χ4n) is 1.31. The van der Waals surface area contributed by atoms with E-state index < -0.39 is 0 Å². The summed E-state index contributed by atoms with van der Waals surface area (Å²) in [5.41, 5.74) is 1.44. The zero-order valence-electron chi connectivity index (χ0n) is 8.22. The van der Waals surface area contributed by atoms with Crippen LogP contribution in [0.5, 0.6) is 0 Å². The molecule has 1 aromatic rings. The van der Waals surface area contributed by atoms with Gasteiger partial charge in [0, 0.05) is 10.8 Å². The molecule has 0 saturated heterocycles. The number of hydrogen-bond acceptors (Lipinski definition) is 1. The summed E-state index contributed by atoms with van der Waals surface area (Å²) in [6, 6.07) is 4.27. The van der Waals surface area contributed by atoms with Gasteiger partial charge in [0.2, 0.25) is 0 Å². The maximum absolute atomic E-state index is 5.65. The minimum Gasteiger partial charge on any atom is -0.129 e. The van der Waals surface area contributed by atoms with Crippen molar-refractivity contribution in [1.82, 2.24) is 0 Å². The van der Waals surface area contributed by atoms with Crippen molar-refractivity contribution in [2.45, 2.75) is 26.2 Å². The third-order valence-corrected chi connectivity index (χ3v) is 4.03. The Hall–Kier alpha value is 0.210. The molecule has 0 radical (unpaired) electrons. The number of hydrogen-bond donors (Lipinski definition) is 0. The molecule has 1 heterocycles. The Morgan fingerprint density at radius 1 is 1.50 bits per heavy atom. The zero-order chi connectivity index (χ0) is 10.4. The highest BCUT2D eigenvalue weighted by Gasteiger charge is 2.03. The first-order chi connectivity index (χ1) is 6.77. The predicted octanol–water partition coefficient (Wildman–Crippen LogP) is 5.32. The molecular weight excluding hydrogens is 280 g/mol. The highest BCUT2D eigenvalue weighted by Crippen LogP contribution is 2.30. The number of rotatable bonds is 5. The van der Waals surface area contributed by atoms with Crippen molar-refractivity contribution in [3.63, 3.8) is 0 Å². The van der Waals surface area contributed by atoms with E-state index in [0.717, 1.165) is 18.7 Å². The second-order valence-electron chi connectivity index (χ2n) is 3.06. The summed E-state index contributed by atoms with van der Waals surface area (Å²) >= 11 is 10.9. The maximum atomic E-state index is 5.65. The molecule has 0 aliphatic carbocycles. The van der Waals surface area contributed by atoms with Crippen LogP contribution in [-0.2, 0) is 0 Å². The van der Waals surface area contributed by atoms with E-state index in [0.29, 0.717) is 0 Å². The lowest BCUT2D eigenvalue weighted by atomic mass is 10.1. The lowest BCUT2D eigenvalue weighted by Gasteiger charge is -2.02. The minimum absolute atomic E-state index is 0.769. The highest BCUT2D eigenvalue weighted by atomic mass is 79.9. The molecule has 1 rings (SSSR count). The summed E-state index contributed by atoms with van der Waals surface area (Å²) in [5, 5.41) is 0. The van der Waals surface area contributed by atoms with E-state index in [9.17, 15) is 0 Å². The molecule has 0 spiro atoms. The van der Waals surface area contributed by atoms with E-state index in [1.54, 1.807) is 11.3 Å². The Morgan fingerprint density at radius 2 is 2.29 bits per heavy atom. The van der Waals surface area contributed by atoms with Crippen molar-refractivity contribution in [2.24, 2.45) is 0 Å². The SMILES string of the molecule is CC=C(CCCCCl)c1ccc(Br)s1.